The van der Waals surface area contributed by atoms with Gasteiger partial charge in [-0.15, -0.1) is 0 Å². The van der Waals surface area contributed by atoms with Crippen LogP contribution in [0, 0.1) is 0 Å². The van der Waals surface area contributed by atoms with Crippen molar-refractivity contribution in [2.45, 2.75) is 24.9 Å². The van der Waals surface area contributed by atoms with Crippen LogP contribution in [-0.4, -0.2) is 35.3 Å². The number of nitrogens with zero attached hydrogens (tertiary/aromatic N) is 2. The number of carbonyl (C=O) groups is 2. The number of ether oxygens (including phenoxy) is 1. The van der Waals surface area contributed by atoms with E-state index >= 15 is 0 Å². The molecule has 1 heterocycles. The normalized spacial score (nSPS) is 21.3. The van der Waals surface area contributed by atoms with Crippen LogP contribution in [0.4, 0.5) is 4.79 Å². The van der Waals surface area contributed by atoms with Crippen LogP contribution >= 0.6 is 0 Å². The fourth-order valence-electron chi connectivity index (χ4n) is 2.43. The van der Waals surface area contributed by atoms with E-state index in [0.717, 1.165) is 18.4 Å². The number of hydrogen-bond donors (Lipinski definition) is 2. The van der Waals surface area contributed by atoms with Crippen molar-refractivity contribution < 1.29 is 14.3 Å². The number of amides is 3. The van der Waals surface area contributed by atoms with Crippen molar-refractivity contribution in [3.05, 3.63) is 29.8 Å². The fourth-order valence-corrected chi connectivity index (χ4v) is 2.43. The van der Waals surface area contributed by atoms with Crippen LogP contribution in [-0.2, 0) is 4.79 Å². The lowest BCUT2D eigenvalue weighted by Gasteiger charge is -2.24. The molecule has 1 fully saturated rings. The first-order valence-corrected chi connectivity index (χ1v) is 6.73. The zero-order valence-corrected chi connectivity index (χ0v) is 11.4. The molecule has 4 N–H and O–H groups in total. The SMILES string of the molecule is NC(=O)COc1ccc(C2C(N)=NC(=O)N2C2CC2)cc1. The molecule has 7 heteroatoms. The Labute approximate surface area is 121 Å². The number of aliphatic imine (C=N–C) groups is 1. The van der Waals surface area contributed by atoms with Gasteiger partial charge in [-0.25, -0.2) is 4.79 Å². The highest BCUT2D eigenvalue weighted by Gasteiger charge is 2.43. The van der Waals surface area contributed by atoms with Gasteiger partial charge in [0.2, 0.25) is 0 Å². The molecule has 21 heavy (non-hydrogen) atoms. The van der Waals surface area contributed by atoms with Crippen molar-refractivity contribution in [2.24, 2.45) is 16.5 Å². The minimum absolute atomic E-state index is 0.168. The monoisotopic (exact) mass is 288 g/mol. The summed E-state index contributed by atoms with van der Waals surface area (Å²) in [6.45, 7) is -0.168. The molecule has 0 aromatic heterocycles. The number of carbonyl (C=O) groups excluding carboxylic acids is 2. The Bertz CT molecular complexity index is 607. The number of amidine groups is 1. The lowest BCUT2D eigenvalue weighted by Crippen LogP contribution is -2.34. The molecule has 3 rings (SSSR count). The molecule has 1 saturated carbocycles. The zero-order chi connectivity index (χ0) is 15.0. The van der Waals surface area contributed by atoms with E-state index in [2.05, 4.69) is 4.99 Å². The molecule has 0 bridgehead atoms. The van der Waals surface area contributed by atoms with E-state index in [-0.39, 0.29) is 24.7 Å². The Morgan fingerprint density at radius 2 is 2.00 bits per heavy atom. The quantitative estimate of drug-likeness (QED) is 0.823. The van der Waals surface area contributed by atoms with Crippen molar-refractivity contribution in [1.82, 2.24) is 4.90 Å². The molecule has 0 spiro atoms. The van der Waals surface area contributed by atoms with Gasteiger partial charge in [-0.3, -0.25) is 4.79 Å². The molecule has 1 aromatic rings. The molecule has 1 atom stereocenters. The van der Waals surface area contributed by atoms with Gasteiger partial charge < -0.3 is 21.1 Å². The van der Waals surface area contributed by atoms with E-state index in [1.54, 1.807) is 17.0 Å². The first-order chi connectivity index (χ1) is 10.1. The van der Waals surface area contributed by atoms with Crippen LogP contribution in [0.5, 0.6) is 5.75 Å². The van der Waals surface area contributed by atoms with E-state index < -0.39 is 5.91 Å². The van der Waals surface area contributed by atoms with Crippen molar-refractivity contribution in [3.63, 3.8) is 0 Å². The second-order valence-electron chi connectivity index (χ2n) is 5.18. The smallest absolute Gasteiger partial charge is 0.346 e. The van der Waals surface area contributed by atoms with Gasteiger partial charge in [0, 0.05) is 6.04 Å². The number of nitrogens with two attached hydrogens (primary N) is 2. The molecule has 2 aliphatic rings. The van der Waals surface area contributed by atoms with Crippen molar-refractivity contribution in [1.29, 1.82) is 0 Å². The summed E-state index contributed by atoms with van der Waals surface area (Å²) in [5.41, 5.74) is 11.8. The lowest BCUT2D eigenvalue weighted by molar-refractivity contribution is -0.119. The van der Waals surface area contributed by atoms with E-state index in [1.165, 1.54) is 0 Å². The number of hydrogen-bond acceptors (Lipinski definition) is 4. The van der Waals surface area contributed by atoms with Gasteiger partial charge in [0.05, 0.1) is 0 Å². The highest BCUT2D eigenvalue weighted by Crippen LogP contribution is 2.38. The lowest BCUT2D eigenvalue weighted by atomic mass is 10.1. The van der Waals surface area contributed by atoms with Crippen LogP contribution in [0.25, 0.3) is 0 Å². The predicted octanol–water partition coefficient (Wildman–Crippen LogP) is 0.547. The van der Waals surface area contributed by atoms with Gasteiger partial charge in [0.1, 0.15) is 17.6 Å². The summed E-state index contributed by atoms with van der Waals surface area (Å²) in [6.07, 6.45) is 1.98. The van der Waals surface area contributed by atoms with Gasteiger partial charge in [0.25, 0.3) is 5.91 Å². The Hall–Kier alpha value is -2.57. The summed E-state index contributed by atoms with van der Waals surface area (Å²) in [6, 6.07) is 6.73. The molecular formula is C14H16N4O3. The average Bonchev–Trinajstić information content (AvgIpc) is 3.23. The second kappa shape index (κ2) is 5.08. The first kappa shape index (κ1) is 13.4. The summed E-state index contributed by atoms with van der Waals surface area (Å²) in [5.74, 6) is 0.324. The maximum Gasteiger partial charge on any atom is 0.346 e. The van der Waals surface area contributed by atoms with Crippen LogP contribution in [0.2, 0.25) is 0 Å². The van der Waals surface area contributed by atoms with E-state index in [4.69, 9.17) is 16.2 Å². The Morgan fingerprint density at radius 1 is 1.33 bits per heavy atom. The van der Waals surface area contributed by atoms with Crippen molar-refractivity contribution >= 4 is 17.8 Å². The van der Waals surface area contributed by atoms with Gasteiger partial charge in [-0.1, -0.05) is 12.1 Å². The molecule has 1 aromatic carbocycles. The minimum Gasteiger partial charge on any atom is -0.484 e. The molecule has 110 valence electrons. The van der Waals surface area contributed by atoms with Gasteiger partial charge in [-0.05, 0) is 30.5 Å². The molecule has 0 saturated heterocycles. The predicted molar refractivity (Wildman–Crippen MR) is 75.8 cm³/mol. The van der Waals surface area contributed by atoms with Crippen molar-refractivity contribution in [2.75, 3.05) is 6.61 Å². The number of rotatable bonds is 5. The third-order valence-corrected chi connectivity index (χ3v) is 3.52. The Morgan fingerprint density at radius 3 is 2.57 bits per heavy atom. The summed E-state index contributed by atoms with van der Waals surface area (Å²) >= 11 is 0. The van der Waals surface area contributed by atoms with Crippen LogP contribution in [0.15, 0.2) is 29.3 Å². The zero-order valence-electron chi connectivity index (χ0n) is 11.4. The topological polar surface area (TPSA) is 111 Å². The van der Waals surface area contributed by atoms with Gasteiger partial charge >= 0.3 is 6.03 Å². The summed E-state index contributed by atoms with van der Waals surface area (Å²) in [5, 5.41) is 0. The van der Waals surface area contributed by atoms with Crippen molar-refractivity contribution in [3.8, 4) is 5.75 Å². The molecule has 1 aliphatic heterocycles. The summed E-state index contributed by atoms with van der Waals surface area (Å²) in [7, 11) is 0. The standard InChI is InChI=1S/C14H16N4O3/c15-11(19)7-21-10-5-1-8(2-6-10)12-13(16)17-14(20)18(12)9-3-4-9/h1-2,5-6,9,12H,3-4,7H2,(H2,15,19)(H2,16,17,20). The largest absolute Gasteiger partial charge is 0.484 e. The molecule has 1 unspecified atom stereocenters. The first-order valence-electron chi connectivity index (χ1n) is 6.73. The Kier molecular flexibility index (Phi) is 3.25. The fraction of sp³-hybridized carbons (Fsp3) is 0.357. The van der Waals surface area contributed by atoms with Crippen LogP contribution in [0.3, 0.4) is 0 Å². The van der Waals surface area contributed by atoms with Gasteiger partial charge in [-0.2, -0.15) is 4.99 Å². The van der Waals surface area contributed by atoms with Crippen LogP contribution < -0.4 is 16.2 Å². The number of benzene rings is 1. The van der Waals surface area contributed by atoms with E-state index in [0.29, 0.717) is 11.6 Å². The van der Waals surface area contributed by atoms with E-state index in [9.17, 15) is 9.59 Å². The average molecular weight is 288 g/mol. The highest BCUT2D eigenvalue weighted by atomic mass is 16.5. The third-order valence-electron chi connectivity index (χ3n) is 3.52. The molecule has 3 amide bonds. The number of urea groups is 1. The molecule has 0 radical (unpaired) electrons. The van der Waals surface area contributed by atoms with E-state index in [1.807, 2.05) is 12.1 Å². The minimum atomic E-state index is -0.531. The molecule has 1 aliphatic carbocycles. The maximum absolute atomic E-state index is 11.9. The molecule has 7 nitrogen and oxygen atoms in total. The van der Waals surface area contributed by atoms with Crippen LogP contribution in [0.1, 0.15) is 24.4 Å². The Balaban J connectivity index is 1.78. The second-order valence-corrected chi connectivity index (χ2v) is 5.18. The number of primary amides is 1. The maximum atomic E-state index is 11.9. The highest BCUT2D eigenvalue weighted by molar-refractivity contribution is 6.03. The summed E-state index contributed by atoms with van der Waals surface area (Å²) in [4.78, 5) is 28.1. The summed E-state index contributed by atoms with van der Waals surface area (Å²) < 4.78 is 5.20. The third kappa shape index (κ3) is 2.67. The van der Waals surface area contributed by atoms with Gasteiger partial charge in [0.15, 0.2) is 6.61 Å². The molecular weight excluding hydrogens is 272 g/mol.